The highest BCUT2D eigenvalue weighted by Crippen LogP contribution is 2.42. The molecule has 45 heavy (non-hydrogen) atoms. The minimum atomic E-state index is -3.52. The van der Waals surface area contributed by atoms with Gasteiger partial charge in [0.25, 0.3) is 0 Å². The van der Waals surface area contributed by atoms with E-state index < -0.39 is 15.9 Å². The number of rotatable bonds is 16. The quantitative estimate of drug-likeness (QED) is 0.160. The Morgan fingerprint density at radius 2 is 1.80 bits per heavy atom. The molecule has 0 aliphatic carbocycles. The average Bonchev–Trinajstić information content (AvgIpc) is 3.51. The Morgan fingerprint density at radius 3 is 2.51 bits per heavy atom. The fourth-order valence-corrected chi connectivity index (χ4v) is 8.76. The van der Waals surface area contributed by atoms with E-state index >= 15 is 0 Å². The summed E-state index contributed by atoms with van der Waals surface area (Å²) in [6, 6.07) is 8.64. The van der Waals surface area contributed by atoms with Crippen molar-refractivity contribution in [1.29, 1.82) is 0 Å². The second-order valence-electron chi connectivity index (χ2n) is 13.2. The molecule has 0 bridgehead atoms. The normalized spacial score (nSPS) is 33.2. The molecule has 0 aromatic heterocycles. The molecule has 3 fully saturated rings. The molecule has 2 unspecified atom stereocenters. The van der Waals surface area contributed by atoms with Crippen LogP contribution in [0.2, 0.25) is 0 Å². The average molecular weight is 643 g/mol. The molecule has 0 radical (unpaired) electrons. The molecule has 8 heteroatoms. The molecule has 0 amide bonds. The molecule has 3 saturated heterocycles. The summed E-state index contributed by atoms with van der Waals surface area (Å²) in [4.78, 5) is 0.328. The standard InChI is InChI=1S/C37H54O7S/c1-7-18-41-19-12-13-30-21-26(4)34(42-30)17-16-31-20-25(3)27(5)36(43-31)23-37-33(28(6)35(44-37)22-29(38)8-2)24-45(39,40)32-14-10-9-11-15-32/h7,9-15,25,28-31,33-38H,1,4-5,8,16-24H2,2-3,6H3/b13-12+/t25-,28-,29-,30+,31+,33-,34?,35-,36?,37+/m1/s1. The molecule has 1 aromatic rings. The number of hydrogen-bond donors (Lipinski definition) is 1. The summed E-state index contributed by atoms with van der Waals surface area (Å²) in [5.74, 6) is 0.0203. The lowest BCUT2D eigenvalue weighted by Crippen LogP contribution is -2.38. The Balaban J connectivity index is 1.40. The minimum absolute atomic E-state index is 0.00311. The molecule has 3 heterocycles. The van der Waals surface area contributed by atoms with Gasteiger partial charge in [-0.2, -0.15) is 0 Å². The topological polar surface area (TPSA) is 91.3 Å². The fraction of sp³-hybridized carbons (Fsp3) is 0.622. The van der Waals surface area contributed by atoms with Crippen LogP contribution in [0.25, 0.3) is 0 Å². The number of sulfone groups is 1. The van der Waals surface area contributed by atoms with Gasteiger partial charge in [-0.05, 0) is 67.2 Å². The zero-order valence-corrected chi connectivity index (χ0v) is 28.2. The van der Waals surface area contributed by atoms with Crippen LogP contribution in [-0.2, 0) is 28.8 Å². The maximum atomic E-state index is 13.5. The lowest BCUT2D eigenvalue weighted by atomic mass is 9.82. The maximum Gasteiger partial charge on any atom is 0.178 e. The van der Waals surface area contributed by atoms with Crippen LogP contribution < -0.4 is 0 Å². The highest BCUT2D eigenvalue weighted by atomic mass is 32.2. The first-order valence-electron chi connectivity index (χ1n) is 16.7. The van der Waals surface area contributed by atoms with Gasteiger partial charge in [0.15, 0.2) is 9.84 Å². The molecule has 3 aliphatic rings. The van der Waals surface area contributed by atoms with E-state index in [4.69, 9.17) is 18.9 Å². The van der Waals surface area contributed by atoms with Gasteiger partial charge in [0.2, 0.25) is 0 Å². The first-order chi connectivity index (χ1) is 21.5. The summed E-state index contributed by atoms with van der Waals surface area (Å²) >= 11 is 0. The van der Waals surface area contributed by atoms with Gasteiger partial charge < -0.3 is 24.1 Å². The number of aliphatic hydroxyl groups is 1. The van der Waals surface area contributed by atoms with Gasteiger partial charge in [0, 0.05) is 18.8 Å². The molecule has 10 atom stereocenters. The van der Waals surface area contributed by atoms with Gasteiger partial charge in [-0.3, -0.25) is 0 Å². The van der Waals surface area contributed by atoms with Crippen LogP contribution in [0.3, 0.4) is 0 Å². The van der Waals surface area contributed by atoms with E-state index in [1.807, 2.05) is 19.1 Å². The second-order valence-corrected chi connectivity index (χ2v) is 15.2. The van der Waals surface area contributed by atoms with E-state index in [-0.39, 0.29) is 60.1 Å². The third kappa shape index (κ3) is 9.72. The van der Waals surface area contributed by atoms with Gasteiger partial charge in [0.1, 0.15) is 0 Å². The predicted molar refractivity (Wildman–Crippen MR) is 179 cm³/mol. The van der Waals surface area contributed by atoms with E-state index in [0.717, 1.165) is 36.8 Å². The van der Waals surface area contributed by atoms with Crippen LogP contribution >= 0.6 is 0 Å². The van der Waals surface area contributed by atoms with E-state index in [9.17, 15) is 13.5 Å². The molecule has 250 valence electrons. The van der Waals surface area contributed by atoms with E-state index in [1.165, 1.54) is 0 Å². The molecule has 0 spiro atoms. The van der Waals surface area contributed by atoms with E-state index in [0.29, 0.717) is 37.4 Å². The van der Waals surface area contributed by atoms with Crippen LogP contribution in [0.15, 0.2) is 84.3 Å². The zero-order chi connectivity index (χ0) is 32.6. The molecule has 7 nitrogen and oxygen atoms in total. The van der Waals surface area contributed by atoms with E-state index in [1.54, 1.807) is 30.3 Å². The van der Waals surface area contributed by atoms with Crippen LogP contribution in [0.1, 0.15) is 65.7 Å². The van der Waals surface area contributed by atoms with Crippen molar-refractivity contribution in [2.75, 3.05) is 19.0 Å². The van der Waals surface area contributed by atoms with Crippen molar-refractivity contribution in [3.8, 4) is 0 Å². The van der Waals surface area contributed by atoms with Crippen molar-refractivity contribution in [3.05, 3.63) is 79.4 Å². The summed E-state index contributed by atoms with van der Waals surface area (Å²) in [6.07, 6.45) is 9.61. The first kappa shape index (κ1) is 35.8. The Kier molecular flexibility index (Phi) is 13.2. The van der Waals surface area contributed by atoms with Crippen molar-refractivity contribution >= 4 is 9.84 Å². The van der Waals surface area contributed by atoms with Crippen LogP contribution in [-0.4, -0.2) is 75.2 Å². The Morgan fingerprint density at radius 1 is 1.04 bits per heavy atom. The van der Waals surface area contributed by atoms with Crippen molar-refractivity contribution in [2.45, 2.75) is 113 Å². The van der Waals surface area contributed by atoms with Gasteiger partial charge in [-0.15, -0.1) is 6.58 Å². The van der Waals surface area contributed by atoms with Gasteiger partial charge in [0.05, 0.1) is 66.6 Å². The number of ether oxygens (including phenoxy) is 4. The Hall–Kier alpha value is -2.07. The lowest BCUT2D eigenvalue weighted by Gasteiger charge is -2.38. The third-order valence-electron chi connectivity index (χ3n) is 9.85. The van der Waals surface area contributed by atoms with Crippen LogP contribution in [0, 0.1) is 17.8 Å². The summed E-state index contributed by atoms with van der Waals surface area (Å²) in [7, 11) is -3.52. The van der Waals surface area contributed by atoms with E-state index in [2.05, 4.69) is 39.7 Å². The van der Waals surface area contributed by atoms with Crippen LogP contribution in [0.5, 0.6) is 0 Å². The van der Waals surface area contributed by atoms with Gasteiger partial charge in [-0.25, -0.2) is 8.42 Å². The molecule has 1 N–H and O–H groups in total. The third-order valence-corrected chi connectivity index (χ3v) is 11.7. The highest BCUT2D eigenvalue weighted by Gasteiger charge is 2.46. The Bertz CT molecular complexity index is 1260. The number of aliphatic hydroxyl groups excluding tert-OH is 1. The van der Waals surface area contributed by atoms with Crippen molar-refractivity contribution < 1.29 is 32.5 Å². The molecular formula is C37H54O7S. The van der Waals surface area contributed by atoms with Gasteiger partial charge in [-0.1, -0.05) is 70.4 Å². The minimum Gasteiger partial charge on any atom is -0.393 e. The van der Waals surface area contributed by atoms with Crippen molar-refractivity contribution in [2.24, 2.45) is 17.8 Å². The largest absolute Gasteiger partial charge is 0.393 e. The molecule has 3 aliphatic heterocycles. The molecule has 4 rings (SSSR count). The highest BCUT2D eigenvalue weighted by molar-refractivity contribution is 7.91. The Labute approximate surface area is 271 Å². The predicted octanol–water partition coefficient (Wildman–Crippen LogP) is 6.63. The SMILES string of the molecule is C=CCOC/C=C/[C@H]1CC(=C)C(CC[C@H]2C[C@@H](C)C(=C)C(C[C@@H]3O[C@H](C[C@H](O)CC)[C@H](C)[C@H]3CS(=O)(=O)c3ccccc3)O2)O1. The summed E-state index contributed by atoms with van der Waals surface area (Å²) in [5.41, 5.74) is 2.15. The maximum absolute atomic E-state index is 13.5. The molecule has 0 saturated carbocycles. The molecular weight excluding hydrogens is 588 g/mol. The number of benzene rings is 1. The fourth-order valence-electron chi connectivity index (χ4n) is 6.97. The second kappa shape index (κ2) is 16.7. The van der Waals surface area contributed by atoms with Gasteiger partial charge >= 0.3 is 0 Å². The monoisotopic (exact) mass is 642 g/mol. The zero-order valence-electron chi connectivity index (χ0n) is 27.4. The summed E-state index contributed by atoms with van der Waals surface area (Å²) in [6.45, 7) is 19.6. The van der Waals surface area contributed by atoms with Crippen LogP contribution in [0.4, 0.5) is 0 Å². The van der Waals surface area contributed by atoms with Crippen molar-refractivity contribution in [3.63, 3.8) is 0 Å². The summed E-state index contributed by atoms with van der Waals surface area (Å²) in [5, 5.41) is 10.4. The molecule has 1 aromatic carbocycles. The number of hydrogen-bond acceptors (Lipinski definition) is 7. The lowest BCUT2D eigenvalue weighted by molar-refractivity contribution is -0.0748. The first-order valence-corrected chi connectivity index (χ1v) is 18.3. The summed E-state index contributed by atoms with van der Waals surface area (Å²) < 4.78 is 52.0. The smallest absolute Gasteiger partial charge is 0.178 e. The van der Waals surface area contributed by atoms with Crippen molar-refractivity contribution in [1.82, 2.24) is 0 Å².